The van der Waals surface area contributed by atoms with Gasteiger partial charge in [-0.05, 0) is 35.8 Å². The molecular formula is C14H17FN2S. The van der Waals surface area contributed by atoms with Gasteiger partial charge in [-0.2, -0.15) is 17.0 Å². The molecule has 1 atom stereocenters. The van der Waals surface area contributed by atoms with E-state index in [-0.39, 0.29) is 5.82 Å². The number of nitrogens with one attached hydrogen (secondary N) is 1. The molecule has 2 nitrogen and oxygen atoms in total. The Bertz CT molecular complexity index is 479. The van der Waals surface area contributed by atoms with E-state index < -0.39 is 0 Å². The molecule has 1 N–H and O–H groups in total. The Hall–Kier alpha value is -1.21. The van der Waals surface area contributed by atoms with Crippen LogP contribution in [0.1, 0.15) is 25.8 Å². The zero-order valence-corrected chi connectivity index (χ0v) is 11.5. The van der Waals surface area contributed by atoms with Crippen molar-refractivity contribution >= 4 is 17.4 Å². The van der Waals surface area contributed by atoms with Crippen molar-refractivity contribution in [1.82, 2.24) is 0 Å². The summed E-state index contributed by atoms with van der Waals surface area (Å²) in [6.45, 7) is 4.51. The average Bonchev–Trinajstić information content (AvgIpc) is 2.30. The van der Waals surface area contributed by atoms with Gasteiger partial charge in [-0.25, -0.2) is 4.39 Å². The molecule has 1 unspecified atom stereocenters. The van der Waals surface area contributed by atoms with Crippen molar-refractivity contribution in [3.8, 4) is 6.07 Å². The number of thioether (sulfide) groups is 1. The fourth-order valence-electron chi connectivity index (χ4n) is 2.31. The van der Waals surface area contributed by atoms with Crippen LogP contribution in [-0.2, 0) is 0 Å². The maximum atomic E-state index is 13.1. The second kappa shape index (κ2) is 5.19. The summed E-state index contributed by atoms with van der Waals surface area (Å²) < 4.78 is 13.1. The van der Waals surface area contributed by atoms with Crippen molar-refractivity contribution in [3.63, 3.8) is 0 Å². The molecule has 1 aliphatic rings. The van der Waals surface area contributed by atoms with E-state index in [0.717, 1.165) is 17.9 Å². The lowest BCUT2D eigenvalue weighted by Gasteiger charge is -2.35. The van der Waals surface area contributed by atoms with Gasteiger partial charge in [0.25, 0.3) is 0 Å². The van der Waals surface area contributed by atoms with Gasteiger partial charge in [0, 0.05) is 11.8 Å². The number of anilines is 1. The fraction of sp³-hybridized carbons (Fsp3) is 0.500. The molecular weight excluding hydrogens is 247 g/mol. The van der Waals surface area contributed by atoms with Crippen molar-refractivity contribution in [2.24, 2.45) is 5.41 Å². The van der Waals surface area contributed by atoms with Gasteiger partial charge >= 0.3 is 0 Å². The van der Waals surface area contributed by atoms with Gasteiger partial charge in [-0.3, -0.25) is 0 Å². The highest BCUT2D eigenvalue weighted by atomic mass is 32.2. The lowest BCUT2D eigenvalue weighted by atomic mass is 9.87. The van der Waals surface area contributed by atoms with Crippen molar-refractivity contribution in [1.29, 1.82) is 5.26 Å². The molecule has 0 amide bonds. The number of nitriles is 1. The van der Waals surface area contributed by atoms with Gasteiger partial charge < -0.3 is 5.32 Å². The molecule has 0 aliphatic carbocycles. The Labute approximate surface area is 112 Å². The molecule has 1 saturated heterocycles. The van der Waals surface area contributed by atoms with Crippen LogP contribution in [0.5, 0.6) is 0 Å². The van der Waals surface area contributed by atoms with E-state index in [4.69, 9.17) is 5.26 Å². The zero-order valence-electron chi connectivity index (χ0n) is 10.7. The van der Waals surface area contributed by atoms with Gasteiger partial charge in [0.05, 0.1) is 11.3 Å². The van der Waals surface area contributed by atoms with Gasteiger partial charge in [0.1, 0.15) is 11.9 Å². The van der Waals surface area contributed by atoms with E-state index in [0.29, 0.717) is 17.0 Å². The molecule has 4 heteroatoms. The predicted octanol–water partition coefficient (Wildman–Crippen LogP) is 3.64. The van der Waals surface area contributed by atoms with E-state index in [1.165, 1.54) is 17.9 Å². The first-order valence-corrected chi connectivity index (χ1v) is 7.19. The molecule has 1 heterocycles. The number of hydrogen-bond donors (Lipinski definition) is 1. The third-order valence-electron chi connectivity index (χ3n) is 3.07. The lowest BCUT2D eigenvalue weighted by molar-refractivity contribution is 0.358. The van der Waals surface area contributed by atoms with Crippen LogP contribution in [0.15, 0.2) is 18.2 Å². The molecule has 1 aromatic rings. The van der Waals surface area contributed by atoms with Crippen LogP contribution in [0, 0.1) is 22.6 Å². The number of rotatable bonds is 2. The highest BCUT2D eigenvalue weighted by Crippen LogP contribution is 2.35. The molecule has 0 saturated carbocycles. The molecule has 0 radical (unpaired) electrons. The summed E-state index contributed by atoms with van der Waals surface area (Å²) in [5, 5.41) is 12.4. The normalized spacial score (nSPS) is 22.2. The summed E-state index contributed by atoms with van der Waals surface area (Å²) in [7, 11) is 0. The maximum Gasteiger partial charge on any atom is 0.124 e. The Morgan fingerprint density at radius 2 is 2.28 bits per heavy atom. The minimum absolute atomic E-state index is 0.313. The molecule has 1 aromatic carbocycles. The third-order valence-corrected chi connectivity index (χ3v) is 4.70. The van der Waals surface area contributed by atoms with Crippen molar-refractivity contribution in [2.75, 3.05) is 16.8 Å². The van der Waals surface area contributed by atoms with Crippen molar-refractivity contribution in [2.45, 2.75) is 26.3 Å². The number of nitrogens with zero attached hydrogens (tertiary/aromatic N) is 1. The predicted molar refractivity (Wildman–Crippen MR) is 74.2 cm³/mol. The molecule has 1 fully saturated rings. The van der Waals surface area contributed by atoms with E-state index >= 15 is 0 Å². The van der Waals surface area contributed by atoms with E-state index in [1.807, 2.05) is 17.8 Å². The van der Waals surface area contributed by atoms with Crippen LogP contribution in [-0.4, -0.2) is 17.5 Å². The second-order valence-corrected chi connectivity index (χ2v) is 6.56. The van der Waals surface area contributed by atoms with Crippen molar-refractivity contribution in [3.05, 3.63) is 29.6 Å². The summed E-state index contributed by atoms with van der Waals surface area (Å²) in [5.41, 5.74) is 1.43. The van der Waals surface area contributed by atoms with Gasteiger partial charge in [0.2, 0.25) is 0 Å². The number of halogens is 1. The standard InChI is InChI=1S/C14H17FN2S/c1-14(2)6-12(8-18-9-14)17-13-4-3-11(15)5-10(13)7-16/h3-5,12,17H,6,8-9H2,1-2H3. The van der Waals surface area contributed by atoms with Gasteiger partial charge in [0.15, 0.2) is 0 Å². The minimum atomic E-state index is -0.365. The van der Waals surface area contributed by atoms with Crippen LogP contribution in [0.2, 0.25) is 0 Å². The molecule has 2 rings (SSSR count). The Morgan fingerprint density at radius 3 is 2.94 bits per heavy atom. The number of benzene rings is 1. The molecule has 0 spiro atoms. The zero-order chi connectivity index (χ0) is 13.2. The van der Waals surface area contributed by atoms with E-state index in [1.54, 1.807) is 6.07 Å². The van der Waals surface area contributed by atoms with Crippen LogP contribution in [0.25, 0.3) is 0 Å². The number of hydrogen-bond acceptors (Lipinski definition) is 3. The monoisotopic (exact) mass is 264 g/mol. The lowest BCUT2D eigenvalue weighted by Crippen LogP contribution is -2.35. The molecule has 96 valence electrons. The molecule has 0 bridgehead atoms. The summed E-state index contributed by atoms with van der Waals surface area (Å²) in [4.78, 5) is 0. The first-order chi connectivity index (χ1) is 8.50. The SMILES string of the molecule is CC1(C)CSCC(Nc2ccc(F)cc2C#N)C1. The minimum Gasteiger partial charge on any atom is -0.380 e. The summed E-state index contributed by atoms with van der Waals surface area (Å²) >= 11 is 1.93. The van der Waals surface area contributed by atoms with E-state index in [9.17, 15) is 4.39 Å². The fourth-order valence-corrected chi connectivity index (χ4v) is 3.58. The highest BCUT2D eigenvalue weighted by Gasteiger charge is 2.28. The van der Waals surface area contributed by atoms with Crippen LogP contribution >= 0.6 is 11.8 Å². The topological polar surface area (TPSA) is 35.8 Å². The largest absolute Gasteiger partial charge is 0.380 e. The molecule has 0 aromatic heterocycles. The Balaban J connectivity index is 2.12. The quantitative estimate of drug-likeness (QED) is 0.885. The third kappa shape index (κ3) is 3.17. The Kier molecular flexibility index (Phi) is 3.82. The van der Waals surface area contributed by atoms with Gasteiger partial charge in [-0.1, -0.05) is 13.8 Å². The van der Waals surface area contributed by atoms with Crippen LogP contribution in [0.3, 0.4) is 0 Å². The smallest absolute Gasteiger partial charge is 0.124 e. The van der Waals surface area contributed by atoms with Gasteiger partial charge in [-0.15, -0.1) is 0 Å². The molecule has 1 aliphatic heterocycles. The van der Waals surface area contributed by atoms with Crippen molar-refractivity contribution < 1.29 is 4.39 Å². The highest BCUT2D eigenvalue weighted by molar-refractivity contribution is 7.99. The maximum absolute atomic E-state index is 13.1. The molecule has 18 heavy (non-hydrogen) atoms. The first kappa shape index (κ1) is 13.2. The van der Waals surface area contributed by atoms with E-state index in [2.05, 4.69) is 19.2 Å². The Morgan fingerprint density at radius 1 is 1.50 bits per heavy atom. The van der Waals surface area contributed by atoms with Crippen LogP contribution in [0.4, 0.5) is 10.1 Å². The summed E-state index contributed by atoms with van der Waals surface area (Å²) in [6, 6.07) is 6.71. The van der Waals surface area contributed by atoms with Crippen LogP contribution < -0.4 is 5.32 Å². The summed E-state index contributed by atoms with van der Waals surface area (Å²) in [6.07, 6.45) is 1.07. The average molecular weight is 264 g/mol. The summed E-state index contributed by atoms with van der Waals surface area (Å²) in [5.74, 6) is 1.83. The second-order valence-electron chi connectivity index (χ2n) is 5.53. The first-order valence-electron chi connectivity index (χ1n) is 6.04.